The van der Waals surface area contributed by atoms with Crippen LogP contribution in [0.25, 0.3) is 0 Å². The molecule has 2 aromatic rings. The predicted molar refractivity (Wildman–Crippen MR) is 79.5 cm³/mol. The molecule has 0 unspecified atom stereocenters. The van der Waals surface area contributed by atoms with Gasteiger partial charge in [0.1, 0.15) is 0 Å². The highest BCUT2D eigenvalue weighted by Crippen LogP contribution is 2.24. The van der Waals surface area contributed by atoms with Gasteiger partial charge in [-0.3, -0.25) is 4.79 Å². The molecule has 2 rings (SSSR count). The van der Waals surface area contributed by atoms with Crippen LogP contribution in [-0.4, -0.2) is 5.91 Å². The molecule has 0 radical (unpaired) electrons. The molecule has 1 amide bonds. The zero-order chi connectivity index (χ0) is 13.9. The van der Waals surface area contributed by atoms with Crippen LogP contribution < -0.4 is 5.32 Å². The fourth-order valence-electron chi connectivity index (χ4n) is 1.86. The summed E-state index contributed by atoms with van der Waals surface area (Å²) in [6.07, 6.45) is 0. The van der Waals surface area contributed by atoms with Gasteiger partial charge in [-0.1, -0.05) is 51.1 Å². The lowest BCUT2D eigenvalue weighted by Crippen LogP contribution is -2.14. The molecule has 98 valence electrons. The van der Waals surface area contributed by atoms with Gasteiger partial charge in [0.15, 0.2) is 0 Å². The molecule has 0 saturated carbocycles. The molecule has 0 spiro atoms. The molecule has 1 N–H and O–H groups in total. The lowest BCUT2D eigenvalue weighted by Gasteiger charge is -2.19. The minimum atomic E-state index is -0.0772. The first-order chi connectivity index (χ1) is 8.97. The Morgan fingerprint density at radius 1 is 0.947 bits per heavy atom. The van der Waals surface area contributed by atoms with Gasteiger partial charge in [-0.2, -0.15) is 0 Å². The van der Waals surface area contributed by atoms with Gasteiger partial charge in [-0.25, -0.2) is 0 Å². The van der Waals surface area contributed by atoms with Gasteiger partial charge in [0.05, 0.1) is 0 Å². The van der Waals surface area contributed by atoms with E-state index in [-0.39, 0.29) is 11.3 Å². The van der Waals surface area contributed by atoms with Crippen molar-refractivity contribution in [2.75, 3.05) is 5.32 Å². The molecule has 0 fully saturated rings. The third kappa shape index (κ3) is 3.44. The molecule has 0 aliphatic carbocycles. The van der Waals surface area contributed by atoms with Crippen molar-refractivity contribution >= 4 is 11.6 Å². The van der Waals surface area contributed by atoms with E-state index in [1.807, 2.05) is 48.5 Å². The molecule has 0 saturated heterocycles. The SMILES string of the molecule is CC(C)(C)c1cccc(NC(=O)c2ccccc2)c1. The number of hydrogen-bond acceptors (Lipinski definition) is 1. The first kappa shape index (κ1) is 13.3. The van der Waals surface area contributed by atoms with E-state index >= 15 is 0 Å². The van der Waals surface area contributed by atoms with Crippen molar-refractivity contribution in [1.29, 1.82) is 0 Å². The molecule has 2 heteroatoms. The summed E-state index contributed by atoms with van der Waals surface area (Å²) in [6.45, 7) is 6.47. The molecule has 0 heterocycles. The van der Waals surface area contributed by atoms with Crippen LogP contribution in [0.1, 0.15) is 36.7 Å². The van der Waals surface area contributed by atoms with E-state index in [1.165, 1.54) is 5.56 Å². The van der Waals surface area contributed by atoms with E-state index in [2.05, 4.69) is 32.2 Å². The second-order valence-electron chi connectivity index (χ2n) is 5.65. The highest BCUT2D eigenvalue weighted by atomic mass is 16.1. The van der Waals surface area contributed by atoms with Crippen molar-refractivity contribution in [3.05, 3.63) is 65.7 Å². The van der Waals surface area contributed by atoms with Gasteiger partial charge < -0.3 is 5.32 Å². The van der Waals surface area contributed by atoms with Crippen LogP contribution >= 0.6 is 0 Å². The van der Waals surface area contributed by atoms with E-state index in [0.717, 1.165) is 5.69 Å². The van der Waals surface area contributed by atoms with Crippen molar-refractivity contribution in [2.45, 2.75) is 26.2 Å². The number of carbonyl (C=O) groups is 1. The van der Waals surface area contributed by atoms with Crippen LogP contribution in [0, 0.1) is 0 Å². The zero-order valence-corrected chi connectivity index (χ0v) is 11.6. The number of hydrogen-bond donors (Lipinski definition) is 1. The van der Waals surface area contributed by atoms with E-state index in [4.69, 9.17) is 0 Å². The summed E-state index contributed by atoms with van der Waals surface area (Å²) in [5, 5.41) is 2.93. The maximum Gasteiger partial charge on any atom is 0.255 e. The first-order valence-electron chi connectivity index (χ1n) is 6.44. The number of carbonyl (C=O) groups excluding carboxylic acids is 1. The van der Waals surface area contributed by atoms with Gasteiger partial charge in [0.2, 0.25) is 0 Å². The zero-order valence-electron chi connectivity index (χ0n) is 11.6. The molecule has 2 aromatic carbocycles. The molecular formula is C17H19NO. The lowest BCUT2D eigenvalue weighted by atomic mass is 9.87. The molecule has 0 atom stereocenters. The van der Waals surface area contributed by atoms with Crippen LogP contribution in [-0.2, 0) is 5.41 Å². The van der Waals surface area contributed by atoms with E-state index in [1.54, 1.807) is 0 Å². The Bertz CT molecular complexity index is 567. The molecule has 0 bridgehead atoms. The lowest BCUT2D eigenvalue weighted by molar-refractivity contribution is 0.102. The number of anilines is 1. The summed E-state index contributed by atoms with van der Waals surface area (Å²) in [4.78, 5) is 12.1. The van der Waals surface area contributed by atoms with Gasteiger partial charge in [-0.05, 0) is 35.2 Å². The maximum atomic E-state index is 12.1. The van der Waals surface area contributed by atoms with Crippen molar-refractivity contribution < 1.29 is 4.79 Å². The molecule has 19 heavy (non-hydrogen) atoms. The minimum absolute atomic E-state index is 0.0769. The number of nitrogens with one attached hydrogen (secondary N) is 1. The molecular weight excluding hydrogens is 234 g/mol. The summed E-state index contributed by atoms with van der Waals surface area (Å²) >= 11 is 0. The maximum absolute atomic E-state index is 12.1. The van der Waals surface area contributed by atoms with Gasteiger partial charge in [0, 0.05) is 11.3 Å². The van der Waals surface area contributed by atoms with E-state index in [0.29, 0.717) is 5.56 Å². The van der Waals surface area contributed by atoms with Crippen molar-refractivity contribution in [1.82, 2.24) is 0 Å². The average Bonchev–Trinajstić information content (AvgIpc) is 2.39. The second-order valence-corrected chi connectivity index (χ2v) is 5.65. The Morgan fingerprint density at radius 2 is 1.63 bits per heavy atom. The summed E-state index contributed by atoms with van der Waals surface area (Å²) in [6, 6.07) is 17.2. The van der Waals surface area contributed by atoms with Crippen molar-refractivity contribution in [3.63, 3.8) is 0 Å². The fraction of sp³-hybridized carbons (Fsp3) is 0.235. The smallest absolute Gasteiger partial charge is 0.255 e. The summed E-state index contributed by atoms with van der Waals surface area (Å²) in [5.74, 6) is -0.0772. The average molecular weight is 253 g/mol. The van der Waals surface area contributed by atoms with Gasteiger partial charge in [0.25, 0.3) is 5.91 Å². The van der Waals surface area contributed by atoms with Crippen LogP contribution in [0.2, 0.25) is 0 Å². The Kier molecular flexibility index (Phi) is 3.70. The number of benzene rings is 2. The monoisotopic (exact) mass is 253 g/mol. The van der Waals surface area contributed by atoms with Gasteiger partial charge >= 0.3 is 0 Å². The Balaban J connectivity index is 2.18. The fourth-order valence-corrected chi connectivity index (χ4v) is 1.86. The third-order valence-electron chi connectivity index (χ3n) is 3.02. The minimum Gasteiger partial charge on any atom is -0.322 e. The highest BCUT2D eigenvalue weighted by molar-refractivity contribution is 6.04. The standard InChI is InChI=1S/C17H19NO/c1-17(2,3)14-10-7-11-15(12-14)18-16(19)13-8-5-4-6-9-13/h4-12H,1-3H3,(H,18,19). The molecule has 2 nitrogen and oxygen atoms in total. The highest BCUT2D eigenvalue weighted by Gasteiger charge is 2.14. The van der Waals surface area contributed by atoms with Gasteiger partial charge in [-0.15, -0.1) is 0 Å². The third-order valence-corrected chi connectivity index (χ3v) is 3.02. The van der Waals surface area contributed by atoms with Crippen LogP contribution in [0.15, 0.2) is 54.6 Å². The van der Waals surface area contributed by atoms with Crippen LogP contribution in [0.4, 0.5) is 5.69 Å². The largest absolute Gasteiger partial charge is 0.322 e. The molecule has 0 aliphatic heterocycles. The van der Waals surface area contributed by atoms with Crippen molar-refractivity contribution in [2.24, 2.45) is 0 Å². The van der Waals surface area contributed by atoms with E-state index < -0.39 is 0 Å². The Labute approximate surface area is 114 Å². The van der Waals surface area contributed by atoms with Crippen LogP contribution in [0.5, 0.6) is 0 Å². The second kappa shape index (κ2) is 5.27. The quantitative estimate of drug-likeness (QED) is 0.852. The Hall–Kier alpha value is -2.09. The number of rotatable bonds is 2. The van der Waals surface area contributed by atoms with Crippen molar-refractivity contribution in [3.8, 4) is 0 Å². The normalized spacial score (nSPS) is 11.1. The topological polar surface area (TPSA) is 29.1 Å². The summed E-state index contributed by atoms with van der Waals surface area (Å²) < 4.78 is 0. The predicted octanol–water partition coefficient (Wildman–Crippen LogP) is 4.24. The first-order valence-corrected chi connectivity index (χ1v) is 6.44. The number of amides is 1. The van der Waals surface area contributed by atoms with E-state index in [9.17, 15) is 4.79 Å². The molecule has 0 aliphatic rings. The summed E-state index contributed by atoms with van der Waals surface area (Å²) in [5.41, 5.74) is 2.79. The van der Waals surface area contributed by atoms with Crippen LogP contribution in [0.3, 0.4) is 0 Å². The molecule has 0 aromatic heterocycles. The summed E-state index contributed by atoms with van der Waals surface area (Å²) in [7, 11) is 0. The Morgan fingerprint density at radius 3 is 2.26 bits per heavy atom.